The summed E-state index contributed by atoms with van der Waals surface area (Å²) in [7, 11) is 1.50. The molecule has 0 saturated carbocycles. The van der Waals surface area contributed by atoms with Gasteiger partial charge < -0.3 is 30.9 Å². The zero-order chi connectivity index (χ0) is 29.6. The number of nitrogens with one attached hydrogen (secondary N) is 4. The van der Waals surface area contributed by atoms with E-state index in [-0.39, 0.29) is 11.9 Å². The second-order valence-corrected chi connectivity index (χ2v) is 9.45. The van der Waals surface area contributed by atoms with Crippen LogP contribution in [-0.2, 0) is 9.59 Å². The topological polar surface area (TPSA) is 107 Å². The first kappa shape index (κ1) is 29.2. The summed E-state index contributed by atoms with van der Waals surface area (Å²) in [5.41, 5.74) is 2.43. The zero-order valence-electron chi connectivity index (χ0n) is 22.6. The molecule has 2 aliphatic heterocycles. The maximum atomic E-state index is 13.8. The third-order valence-electron chi connectivity index (χ3n) is 6.58. The molecule has 0 aromatic heterocycles. The van der Waals surface area contributed by atoms with Crippen LogP contribution in [0.1, 0.15) is 25.3 Å². The third-order valence-corrected chi connectivity index (χ3v) is 6.58. The first-order valence-electron chi connectivity index (χ1n) is 12.9. The first-order valence-corrected chi connectivity index (χ1v) is 12.9. The second kappa shape index (κ2) is 12.6. The highest BCUT2D eigenvalue weighted by molar-refractivity contribution is 5.99. The molecule has 0 unspecified atom stereocenters. The van der Waals surface area contributed by atoms with Crippen molar-refractivity contribution in [3.63, 3.8) is 0 Å². The molecule has 216 valence electrons. The number of piperidine rings is 1. The molecule has 4 rings (SSSR count). The highest BCUT2D eigenvalue weighted by Crippen LogP contribution is 2.32. The van der Waals surface area contributed by atoms with E-state index < -0.39 is 23.8 Å². The van der Waals surface area contributed by atoms with E-state index in [1.54, 1.807) is 31.2 Å². The number of guanidine groups is 1. The van der Waals surface area contributed by atoms with Gasteiger partial charge in [0, 0.05) is 37.6 Å². The van der Waals surface area contributed by atoms with Crippen molar-refractivity contribution in [2.75, 3.05) is 36.1 Å². The van der Waals surface area contributed by atoms with Gasteiger partial charge in [-0.05, 0) is 54.8 Å². The van der Waals surface area contributed by atoms with E-state index in [0.717, 1.165) is 30.7 Å². The maximum Gasteiger partial charge on any atom is 0.417 e. The van der Waals surface area contributed by atoms with E-state index in [4.69, 9.17) is 4.74 Å². The van der Waals surface area contributed by atoms with Gasteiger partial charge in [-0.2, -0.15) is 13.2 Å². The number of amides is 2. The van der Waals surface area contributed by atoms with Crippen molar-refractivity contribution in [1.29, 1.82) is 0 Å². The summed E-state index contributed by atoms with van der Waals surface area (Å²) in [6, 6.07) is 11.8. The number of halogens is 3. The van der Waals surface area contributed by atoms with Crippen molar-refractivity contribution in [2.24, 2.45) is 4.99 Å². The molecular formula is C29H31F3N6O3. The van der Waals surface area contributed by atoms with E-state index in [0.29, 0.717) is 35.9 Å². The van der Waals surface area contributed by atoms with Crippen molar-refractivity contribution < 1.29 is 27.5 Å². The molecule has 9 nitrogen and oxygen atoms in total. The van der Waals surface area contributed by atoms with E-state index in [1.807, 2.05) is 17.0 Å². The molecule has 2 aliphatic rings. The quantitative estimate of drug-likeness (QED) is 0.347. The van der Waals surface area contributed by atoms with Crippen molar-refractivity contribution in [3.05, 3.63) is 78.0 Å². The number of ether oxygens (including phenoxy) is 1. The van der Waals surface area contributed by atoms with Gasteiger partial charge >= 0.3 is 6.18 Å². The standard InChI is InChI=1S/C29H31F3N6O3/c1-4-26(40)34-21-6-5-7-22(16-21)35-27-23(29(30,31)32)17-33-28(37-27)36-24-9-8-20(15-25(24)41-3)14-19-10-12-38(13-11-19)18(2)39/h4-9,14-17,27,35H,1,10-13H2,2-3H3,(H,34,40)(H2,33,36,37)/t27-/m0/s1. The predicted octanol–water partition coefficient (Wildman–Crippen LogP) is 5.10. The lowest BCUT2D eigenvalue weighted by Gasteiger charge is -2.29. The number of alkyl halides is 3. The van der Waals surface area contributed by atoms with Crippen molar-refractivity contribution in [2.45, 2.75) is 32.1 Å². The monoisotopic (exact) mass is 568 g/mol. The molecule has 1 saturated heterocycles. The van der Waals surface area contributed by atoms with Crippen molar-refractivity contribution >= 4 is 40.9 Å². The minimum absolute atomic E-state index is 0.0700. The number of anilines is 3. The van der Waals surface area contributed by atoms with Crippen LogP contribution in [0.25, 0.3) is 6.08 Å². The summed E-state index contributed by atoms with van der Waals surface area (Å²) in [5.74, 6) is 0.181. The minimum Gasteiger partial charge on any atom is -0.495 e. The molecule has 0 spiro atoms. The van der Waals surface area contributed by atoms with Crippen LogP contribution in [0, 0.1) is 0 Å². The summed E-state index contributed by atoms with van der Waals surface area (Å²) in [5, 5.41) is 11.2. The number of carbonyl (C=O) groups excluding carboxylic acids is 2. The summed E-state index contributed by atoms with van der Waals surface area (Å²) in [4.78, 5) is 29.0. The molecule has 2 aromatic rings. The lowest BCUT2D eigenvalue weighted by Crippen LogP contribution is -2.49. The van der Waals surface area contributed by atoms with Crippen LogP contribution >= 0.6 is 0 Å². The molecule has 2 aromatic carbocycles. The van der Waals surface area contributed by atoms with Gasteiger partial charge in [-0.15, -0.1) is 0 Å². The normalized spacial score (nSPS) is 17.0. The lowest BCUT2D eigenvalue weighted by atomic mass is 10.0. The molecule has 0 aliphatic carbocycles. The number of hydrogen-bond donors (Lipinski definition) is 4. The Kier molecular flexibility index (Phi) is 9.00. The lowest BCUT2D eigenvalue weighted by molar-refractivity contribution is -0.129. The molecule has 2 amide bonds. The van der Waals surface area contributed by atoms with Gasteiger partial charge in [0.15, 0.2) is 0 Å². The Bertz CT molecular complexity index is 1410. The van der Waals surface area contributed by atoms with Gasteiger partial charge in [0.2, 0.25) is 17.8 Å². The highest BCUT2D eigenvalue weighted by atomic mass is 19.4. The smallest absolute Gasteiger partial charge is 0.417 e. The Morgan fingerprint density at radius 3 is 2.54 bits per heavy atom. The van der Waals surface area contributed by atoms with Gasteiger partial charge in [-0.1, -0.05) is 30.4 Å². The summed E-state index contributed by atoms with van der Waals surface area (Å²) >= 11 is 0. The Hall–Kier alpha value is -4.74. The number of nitrogens with zero attached hydrogens (tertiary/aromatic N) is 2. The van der Waals surface area contributed by atoms with Crippen molar-refractivity contribution in [1.82, 2.24) is 10.2 Å². The van der Waals surface area contributed by atoms with Crippen LogP contribution < -0.4 is 26.0 Å². The fourth-order valence-corrected chi connectivity index (χ4v) is 4.44. The second-order valence-electron chi connectivity index (χ2n) is 9.45. The third kappa shape index (κ3) is 7.68. The van der Waals surface area contributed by atoms with Crippen LogP contribution in [0.15, 0.2) is 77.5 Å². The molecule has 1 fully saturated rings. The molecule has 2 heterocycles. The molecule has 0 radical (unpaired) electrons. The number of aliphatic imine (C=N–C) groups is 1. The van der Waals surface area contributed by atoms with Gasteiger partial charge in [0.05, 0.1) is 18.4 Å². The molecule has 12 heteroatoms. The number of hydrogen-bond acceptors (Lipinski definition) is 7. The van der Waals surface area contributed by atoms with Crippen LogP contribution in [0.5, 0.6) is 5.75 Å². The van der Waals surface area contributed by atoms with E-state index >= 15 is 0 Å². The summed E-state index contributed by atoms with van der Waals surface area (Å²) in [6.45, 7) is 6.32. The Morgan fingerprint density at radius 2 is 1.88 bits per heavy atom. The number of likely N-dealkylation sites (tertiary alicyclic amines) is 1. The molecule has 1 atom stereocenters. The zero-order valence-corrected chi connectivity index (χ0v) is 22.6. The van der Waals surface area contributed by atoms with Gasteiger partial charge in [0.25, 0.3) is 0 Å². The number of carbonyl (C=O) groups is 2. The fraction of sp³-hybridized carbons (Fsp3) is 0.276. The molecular weight excluding hydrogens is 537 g/mol. The van der Waals surface area contributed by atoms with Crippen LogP contribution in [0.4, 0.5) is 30.2 Å². The largest absolute Gasteiger partial charge is 0.495 e. The predicted molar refractivity (Wildman–Crippen MR) is 153 cm³/mol. The van der Waals surface area contributed by atoms with E-state index in [2.05, 4.69) is 38.9 Å². The number of methoxy groups -OCH3 is 1. The molecule has 4 N–H and O–H groups in total. The van der Waals surface area contributed by atoms with Crippen LogP contribution in [0.2, 0.25) is 0 Å². The van der Waals surface area contributed by atoms with Crippen LogP contribution in [0.3, 0.4) is 0 Å². The highest BCUT2D eigenvalue weighted by Gasteiger charge is 2.41. The average molecular weight is 569 g/mol. The van der Waals surface area contributed by atoms with Gasteiger partial charge in [-0.3, -0.25) is 9.59 Å². The van der Waals surface area contributed by atoms with E-state index in [9.17, 15) is 22.8 Å². The van der Waals surface area contributed by atoms with Crippen LogP contribution in [-0.4, -0.2) is 55.2 Å². The average Bonchev–Trinajstić information content (AvgIpc) is 2.93. The van der Waals surface area contributed by atoms with Crippen molar-refractivity contribution in [3.8, 4) is 5.75 Å². The maximum absolute atomic E-state index is 13.8. The Morgan fingerprint density at radius 1 is 1.15 bits per heavy atom. The van der Waals surface area contributed by atoms with Gasteiger partial charge in [-0.25, -0.2) is 4.99 Å². The van der Waals surface area contributed by atoms with Gasteiger partial charge in [0.1, 0.15) is 11.9 Å². The summed E-state index contributed by atoms with van der Waals surface area (Å²) in [6.07, 6.45) is -0.540. The summed E-state index contributed by atoms with van der Waals surface area (Å²) < 4.78 is 47.0. The number of benzene rings is 2. The molecule has 41 heavy (non-hydrogen) atoms. The minimum atomic E-state index is -4.65. The Labute approximate surface area is 235 Å². The first-order chi connectivity index (χ1) is 19.5. The SMILES string of the molecule is C=CC(=O)Nc1cccc(N[C@H]2NC(Nc3ccc(C=C4CCN(C(C)=O)CC4)cc3OC)=NC=C2C(F)(F)F)c1. The Balaban J connectivity index is 1.50. The fourth-order valence-electron chi connectivity index (χ4n) is 4.44. The number of rotatable bonds is 7. The van der Waals surface area contributed by atoms with E-state index in [1.165, 1.54) is 18.7 Å². The molecule has 0 bridgehead atoms.